The summed E-state index contributed by atoms with van der Waals surface area (Å²) in [5.74, 6) is 0. The van der Waals surface area contributed by atoms with Gasteiger partial charge in [-0.1, -0.05) is 103 Å². The third-order valence-corrected chi connectivity index (χ3v) is 9.61. The van der Waals surface area contributed by atoms with Gasteiger partial charge in [0.1, 0.15) is 0 Å². The lowest BCUT2D eigenvalue weighted by molar-refractivity contribution is 1.18. The van der Waals surface area contributed by atoms with Gasteiger partial charge in [-0.15, -0.1) is 0 Å². The Morgan fingerprint density at radius 1 is 0.460 bits per heavy atom. The molecule has 2 aromatic heterocycles. The lowest BCUT2D eigenvalue weighted by Gasteiger charge is -2.17. The van der Waals surface area contributed by atoms with Crippen LogP contribution < -0.4 is 0 Å². The van der Waals surface area contributed by atoms with Crippen LogP contribution in [0.4, 0.5) is 11.4 Å². The summed E-state index contributed by atoms with van der Waals surface area (Å²) < 4.78 is 4.40. The zero-order chi connectivity index (χ0) is 33.8. The first-order valence-corrected chi connectivity index (χ1v) is 16.2. The van der Waals surface area contributed by atoms with Gasteiger partial charge >= 0.3 is 0 Å². The molecule has 9 rings (SSSR count). The van der Waals surface area contributed by atoms with Crippen LogP contribution in [0.15, 0.2) is 152 Å². The molecule has 0 bridgehead atoms. The molecule has 0 amide bonds. The van der Waals surface area contributed by atoms with Crippen molar-refractivity contribution < 1.29 is 0 Å². The fourth-order valence-corrected chi connectivity index (χ4v) is 7.46. The zero-order valence-corrected chi connectivity index (χ0v) is 26.7. The van der Waals surface area contributed by atoms with Gasteiger partial charge in [0.2, 0.25) is 5.69 Å². The van der Waals surface area contributed by atoms with Crippen LogP contribution in [-0.4, -0.2) is 9.13 Å². The number of hydrogen-bond acceptors (Lipinski definition) is 1. The number of nitrogens with zero attached hydrogens (tertiary/aromatic N) is 5. The number of para-hydroxylation sites is 5. The molecule has 0 spiro atoms. The maximum atomic E-state index is 9.63. The van der Waals surface area contributed by atoms with E-state index in [1.54, 1.807) is 0 Å². The molecule has 50 heavy (non-hydrogen) atoms. The fourth-order valence-electron chi connectivity index (χ4n) is 7.46. The summed E-state index contributed by atoms with van der Waals surface area (Å²) >= 11 is 0. The standard InChI is InChI=1S/C45H25N5/c1-47-38-24-23-30(27-36(38)34-14-5-9-19-41(34)49-39-17-7-3-12-32(39)33-13-4-8-18-40(33)49)31-16-11-21-44(45(31)48-2)50-42-20-10-6-15-35(42)37-26-29(28-46)22-25-43(37)50/h3-27H. The van der Waals surface area contributed by atoms with Crippen LogP contribution in [0.25, 0.3) is 86.9 Å². The lowest BCUT2D eigenvalue weighted by Crippen LogP contribution is -1.97. The molecule has 9 aromatic rings. The third kappa shape index (κ3) is 4.24. The van der Waals surface area contributed by atoms with Gasteiger partial charge in [-0.2, -0.15) is 5.26 Å². The molecule has 0 saturated carbocycles. The van der Waals surface area contributed by atoms with Crippen LogP contribution in [0.1, 0.15) is 5.56 Å². The molecule has 0 atom stereocenters. The summed E-state index contributed by atoms with van der Waals surface area (Å²) in [6.07, 6.45) is 0. The number of aromatic nitrogens is 2. The van der Waals surface area contributed by atoms with Gasteiger partial charge in [0.15, 0.2) is 5.69 Å². The van der Waals surface area contributed by atoms with Crippen molar-refractivity contribution in [3.05, 3.63) is 180 Å². The van der Waals surface area contributed by atoms with E-state index in [9.17, 15) is 5.26 Å². The van der Waals surface area contributed by atoms with Crippen LogP contribution in [-0.2, 0) is 0 Å². The SMILES string of the molecule is [C-]#[N+]c1ccc(-c2cccc(-n3c4ccccc4c4cc(C#N)ccc43)c2[N+]#[C-])cc1-c1ccccc1-n1c2ccccc2c2ccccc21. The highest BCUT2D eigenvalue weighted by atomic mass is 15.0. The molecule has 5 nitrogen and oxygen atoms in total. The fraction of sp³-hybridized carbons (Fsp3) is 0. The molecule has 0 saturated heterocycles. The maximum Gasteiger partial charge on any atom is 0.218 e. The van der Waals surface area contributed by atoms with E-state index in [4.69, 9.17) is 13.1 Å². The molecule has 2 heterocycles. The average molecular weight is 636 g/mol. The lowest BCUT2D eigenvalue weighted by atomic mass is 9.95. The second-order valence-corrected chi connectivity index (χ2v) is 12.2. The second kappa shape index (κ2) is 11.4. The Morgan fingerprint density at radius 2 is 1.02 bits per heavy atom. The molecule has 230 valence electrons. The van der Waals surface area contributed by atoms with Crippen molar-refractivity contribution in [2.24, 2.45) is 0 Å². The summed E-state index contributed by atoms with van der Waals surface area (Å²) in [5, 5.41) is 14.0. The molecule has 0 unspecified atom stereocenters. The minimum absolute atomic E-state index is 0.511. The first-order valence-electron chi connectivity index (χ1n) is 16.2. The first-order chi connectivity index (χ1) is 24.7. The number of rotatable bonds is 4. The van der Waals surface area contributed by atoms with Crippen molar-refractivity contribution >= 4 is 55.0 Å². The minimum Gasteiger partial charge on any atom is -0.319 e. The van der Waals surface area contributed by atoms with E-state index >= 15 is 0 Å². The molecule has 7 aromatic carbocycles. The monoisotopic (exact) mass is 635 g/mol. The van der Waals surface area contributed by atoms with Gasteiger partial charge in [-0.3, -0.25) is 0 Å². The Balaban J connectivity index is 1.27. The Labute approximate surface area is 288 Å². The highest BCUT2D eigenvalue weighted by molar-refractivity contribution is 6.11. The van der Waals surface area contributed by atoms with E-state index in [0.29, 0.717) is 16.9 Å². The van der Waals surface area contributed by atoms with E-state index in [1.807, 2.05) is 72.8 Å². The highest BCUT2D eigenvalue weighted by Crippen LogP contribution is 2.44. The van der Waals surface area contributed by atoms with Gasteiger partial charge in [-0.05, 0) is 70.8 Å². The van der Waals surface area contributed by atoms with Crippen molar-refractivity contribution in [1.29, 1.82) is 5.26 Å². The number of benzene rings is 7. The number of hydrogen-bond donors (Lipinski definition) is 0. The van der Waals surface area contributed by atoms with Crippen LogP contribution >= 0.6 is 0 Å². The van der Waals surface area contributed by atoms with Gasteiger partial charge in [0.25, 0.3) is 0 Å². The van der Waals surface area contributed by atoms with Crippen molar-refractivity contribution in [2.45, 2.75) is 0 Å². The smallest absolute Gasteiger partial charge is 0.218 e. The minimum atomic E-state index is 0.511. The summed E-state index contributed by atoms with van der Waals surface area (Å²) in [5.41, 5.74) is 10.8. The van der Waals surface area contributed by atoms with Crippen molar-refractivity contribution in [1.82, 2.24) is 9.13 Å². The average Bonchev–Trinajstić information content (AvgIpc) is 3.69. The molecule has 0 N–H and O–H groups in total. The van der Waals surface area contributed by atoms with Crippen molar-refractivity contribution in [3.8, 4) is 39.7 Å². The van der Waals surface area contributed by atoms with Crippen LogP contribution in [0.5, 0.6) is 0 Å². The Morgan fingerprint density at radius 3 is 1.68 bits per heavy atom. The molecule has 0 radical (unpaired) electrons. The Kier molecular flexibility index (Phi) is 6.56. The molecule has 5 heteroatoms. The van der Waals surface area contributed by atoms with Crippen LogP contribution in [0.3, 0.4) is 0 Å². The van der Waals surface area contributed by atoms with Crippen LogP contribution in [0.2, 0.25) is 0 Å². The van der Waals surface area contributed by atoms with Crippen molar-refractivity contribution in [2.75, 3.05) is 0 Å². The zero-order valence-electron chi connectivity index (χ0n) is 26.7. The second-order valence-electron chi connectivity index (χ2n) is 12.2. The molecule has 0 aliphatic carbocycles. The summed E-state index contributed by atoms with van der Waals surface area (Å²) in [7, 11) is 0. The van der Waals surface area contributed by atoms with Crippen molar-refractivity contribution in [3.63, 3.8) is 0 Å². The first kappa shape index (κ1) is 28.8. The predicted molar refractivity (Wildman–Crippen MR) is 203 cm³/mol. The largest absolute Gasteiger partial charge is 0.319 e. The molecular weight excluding hydrogens is 611 g/mol. The van der Waals surface area contributed by atoms with E-state index in [0.717, 1.165) is 66.5 Å². The summed E-state index contributed by atoms with van der Waals surface area (Å²) in [6.45, 7) is 16.6. The quantitative estimate of drug-likeness (QED) is 0.177. The third-order valence-electron chi connectivity index (χ3n) is 9.61. The van der Waals surface area contributed by atoms with E-state index in [-0.39, 0.29) is 0 Å². The van der Waals surface area contributed by atoms with E-state index in [2.05, 4.69) is 104 Å². The topological polar surface area (TPSA) is 42.4 Å². The molecule has 0 aliphatic rings. The normalized spacial score (nSPS) is 11.1. The number of nitriles is 1. The summed E-state index contributed by atoms with van der Waals surface area (Å²) in [4.78, 5) is 8.10. The van der Waals surface area contributed by atoms with E-state index in [1.165, 1.54) is 10.8 Å². The highest BCUT2D eigenvalue weighted by Gasteiger charge is 2.21. The Hall–Kier alpha value is -7.39. The summed E-state index contributed by atoms with van der Waals surface area (Å²) in [6, 6.07) is 52.9. The Bertz CT molecular complexity index is 2920. The predicted octanol–water partition coefficient (Wildman–Crippen LogP) is 12.2. The maximum absolute atomic E-state index is 9.63. The van der Waals surface area contributed by atoms with E-state index < -0.39 is 0 Å². The van der Waals surface area contributed by atoms with Gasteiger partial charge < -0.3 is 9.13 Å². The molecular formula is C45H25N5. The van der Waals surface area contributed by atoms with Gasteiger partial charge in [-0.25, -0.2) is 9.69 Å². The van der Waals surface area contributed by atoms with Gasteiger partial charge in [0.05, 0.1) is 58.2 Å². The van der Waals surface area contributed by atoms with Crippen LogP contribution in [0, 0.1) is 24.5 Å². The number of fused-ring (bicyclic) bond motifs is 6. The molecule has 0 fully saturated rings. The molecule has 0 aliphatic heterocycles. The van der Waals surface area contributed by atoms with Gasteiger partial charge in [0, 0.05) is 21.5 Å².